The quantitative estimate of drug-likeness (QED) is 0.390. The molecule has 34 heavy (non-hydrogen) atoms. The van der Waals surface area contributed by atoms with Gasteiger partial charge in [0.25, 0.3) is 0 Å². The van der Waals surface area contributed by atoms with Crippen LogP contribution in [0.5, 0.6) is 5.75 Å². The Kier molecular flexibility index (Phi) is 5.63. The van der Waals surface area contributed by atoms with E-state index in [0.29, 0.717) is 37.3 Å². The Hall–Kier alpha value is -3.62. The number of H-pyrrole nitrogens is 1. The Bertz CT molecular complexity index is 1350. The maximum Gasteiger partial charge on any atom is 0.182 e. The fraction of sp³-hybridized carbons (Fsp3) is 0.269. The predicted octanol–water partition coefficient (Wildman–Crippen LogP) is 3.97. The van der Waals surface area contributed by atoms with Gasteiger partial charge in [0.1, 0.15) is 17.9 Å². The van der Waals surface area contributed by atoms with E-state index in [-0.39, 0.29) is 11.3 Å². The first-order chi connectivity index (χ1) is 16.4. The third kappa shape index (κ3) is 3.85. The topological polar surface area (TPSA) is 108 Å². The van der Waals surface area contributed by atoms with Gasteiger partial charge < -0.3 is 15.6 Å². The number of phenols is 1. The minimum Gasteiger partial charge on any atom is -0.508 e. The minimum atomic E-state index is -0.596. The number of phenolic OH excluding ortho intramolecular Hbond substituents is 1. The molecule has 7 nitrogen and oxygen atoms in total. The van der Waals surface area contributed by atoms with Gasteiger partial charge in [0, 0.05) is 41.3 Å². The van der Waals surface area contributed by atoms with Crippen LogP contribution in [-0.4, -0.2) is 44.6 Å². The number of hydrogen-bond donors (Lipinski definition) is 3. The molecule has 174 valence electrons. The van der Waals surface area contributed by atoms with Crippen molar-refractivity contribution >= 4 is 17.3 Å². The van der Waals surface area contributed by atoms with Crippen LogP contribution in [0.15, 0.2) is 54.6 Å². The first kappa shape index (κ1) is 22.2. The Morgan fingerprint density at radius 3 is 2.59 bits per heavy atom. The SMILES string of the molecule is Cc1[nH]nc2nc(-c3ccc(O)cc3F)cc(C(C=O)N3CCC(N)(c4ccccc4)CC3)c12. The molecule has 8 heteroatoms. The molecule has 2 aromatic heterocycles. The molecule has 1 aliphatic heterocycles. The smallest absolute Gasteiger partial charge is 0.182 e. The third-order valence-corrected chi connectivity index (χ3v) is 6.84. The molecule has 1 atom stereocenters. The molecule has 0 saturated carbocycles. The number of aryl methyl sites for hydroxylation is 1. The summed E-state index contributed by atoms with van der Waals surface area (Å²) in [6.07, 6.45) is 2.34. The number of nitrogens with two attached hydrogens (primary N) is 1. The zero-order valence-electron chi connectivity index (χ0n) is 18.8. The third-order valence-electron chi connectivity index (χ3n) is 6.84. The van der Waals surface area contributed by atoms with E-state index < -0.39 is 17.4 Å². The lowest BCUT2D eigenvalue weighted by Gasteiger charge is -2.41. The van der Waals surface area contributed by atoms with Crippen molar-refractivity contribution in [2.75, 3.05) is 13.1 Å². The van der Waals surface area contributed by atoms with Gasteiger partial charge in [-0.15, -0.1) is 0 Å². The molecule has 0 bridgehead atoms. The van der Waals surface area contributed by atoms with Gasteiger partial charge in [0.15, 0.2) is 5.65 Å². The van der Waals surface area contributed by atoms with Crippen molar-refractivity contribution in [2.45, 2.75) is 31.3 Å². The van der Waals surface area contributed by atoms with Crippen LogP contribution in [0.3, 0.4) is 0 Å². The van der Waals surface area contributed by atoms with Gasteiger partial charge in [-0.2, -0.15) is 5.10 Å². The molecule has 4 N–H and O–H groups in total. The van der Waals surface area contributed by atoms with E-state index >= 15 is 0 Å². The van der Waals surface area contributed by atoms with E-state index in [1.807, 2.05) is 37.3 Å². The normalized spacial score (nSPS) is 17.0. The second kappa shape index (κ2) is 8.62. The van der Waals surface area contributed by atoms with E-state index in [2.05, 4.69) is 20.1 Å². The minimum absolute atomic E-state index is 0.166. The van der Waals surface area contributed by atoms with Crippen LogP contribution >= 0.6 is 0 Å². The summed E-state index contributed by atoms with van der Waals surface area (Å²) >= 11 is 0. The van der Waals surface area contributed by atoms with E-state index in [1.54, 1.807) is 6.07 Å². The molecule has 0 aliphatic carbocycles. The van der Waals surface area contributed by atoms with Gasteiger partial charge in [0.2, 0.25) is 0 Å². The van der Waals surface area contributed by atoms with Crippen LogP contribution in [0.25, 0.3) is 22.3 Å². The lowest BCUT2D eigenvalue weighted by molar-refractivity contribution is -0.113. The average Bonchev–Trinajstić information content (AvgIpc) is 3.22. The largest absolute Gasteiger partial charge is 0.508 e. The van der Waals surface area contributed by atoms with E-state index in [9.17, 15) is 14.3 Å². The van der Waals surface area contributed by atoms with E-state index in [0.717, 1.165) is 34.6 Å². The molecule has 1 aliphatic rings. The Labute approximate surface area is 196 Å². The number of fused-ring (bicyclic) bond motifs is 1. The maximum atomic E-state index is 14.6. The van der Waals surface area contributed by atoms with Crippen molar-refractivity contribution < 1.29 is 14.3 Å². The van der Waals surface area contributed by atoms with Crippen LogP contribution in [0.2, 0.25) is 0 Å². The summed E-state index contributed by atoms with van der Waals surface area (Å²) in [5.41, 5.74) is 9.91. The number of piperidine rings is 1. The maximum absolute atomic E-state index is 14.6. The van der Waals surface area contributed by atoms with Crippen LogP contribution in [0, 0.1) is 12.7 Å². The highest BCUT2D eigenvalue weighted by Crippen LogP contribution is 2.37. The second-order valence-corrected chi connectivity index (χ2v) is 8.95. The zero-order valence-corrected chi connectivity index (χ0v) is 18.8. The number of benzene rings is 2. The Balaban J connectivity index is 1.52. The molecule has 0 amide bonds. The molecule has 4 aromatic rings. The second-order valence-electron chi connectivity index (χ2n) is 8.95. The van der Waals surface area contributed by atoms with Crippen molar-refractivity contribution in [3.8, 4) is 17.0 Å². The molecule has 2 aromatic carbocycles. The van der Waals surface area contributed by atoms with Gasteiger partial charge in [-0.3, -0.25) is 10.00 Å². The fourth-order valence-corrected chi connectivity index (χ4v) is 4.91. The van der Waals surface area contributed by atoms with Crippen molar-refractivity contribution in [2.24, 2.45) is 5.73 Å². The van der Waals surface area contributed by atoms with Crippen LogP contribution in [0.4, 0.5) is 4.39 Å². The van der Waals surface area contributed by atoms with E-state index in [4.69, 9.17) is 5.73 Å². The van der Waals surface area contributed by atoms with Gasteiger partial charge >= 0.3 is 0 Å². The Morgan fingerprint density at radius 1 is 1.18 bits per heavy atom. The molecular formula is C26H26FN5O2. The number of pyridine rings is 1. The summed E-state index contributed by atoms with van der Waals surface area (Å²) in [6, 6.07) is 15.2. The number of hydrogen-bond acceptors (Lipinski definition) is 6. The number of aromatic amines is 1. The summed E-state index contributed by atoms with van der Waals surface area (Å²) in [7, 11) is 0. The zero-order chi connectivity index (χ0) is 23.9. The number of rotatable bonds is 5. The number of carbonyl (C=O) groups excluding carboxylic acids is 1. The molecule has 0 spiro atoms. The van der Waals surface area contributed by atoms with Gasteiger partial charge in [-0.1, -0.05) is 30.3 Å². The van der Waals surface area contributed by atoms with Crippen LogP contribution < -0.4 is 5.73 Å². The number of carbonyl (C=O) groups is 1. The van der Waals surface area contributed by atoms with Crippen molar-refractivity contribution in [3.05, 3.63) is 77.2 Å². The van der Waals surface area contributed by atoms with Crippen LogP contribution in [-0.2, 0) is 10.3 Å². The predicted molar refractivity (Wildman–Crippen MR) is 128 cm³/mol. The molecule has 3 heterocycles. The average molecular weight is 460 g/mol. The highest BCUT2D eigenvalue weighted by molar-refractivity contribution is 5.88. The fourth-order valence-electron chi connectivity index (χ4n) is 4.91. The summed E-state index contributed by atoms with van der Waals surface area (Å²) < 4.78 is 14.6. The van der Waals surface area contributed by atoms with Crippen molar-refractivity contribution in [1.82, 2.24) is 20.1 Å². The summed E-state index contributed by atoms with van der Waals surface area (Å²) in [4.78, 5) is 19.1. The number of aldehydes is 1. The van der Waals surface area contributed by atoms with Crippen molar-refractivity contribution in [1.29, 1.82) is 0 Å². The molecule has 5 rings (SSSR count). The molecular weight excluding hydrogens is 433 g/mol. The molecule has 1 unspecified atom stereocenters. The van der Waals surface area contributed by atoms with Crippen molar-refractivity contribution in [3.63, 3.8) is 0 Å². The lowest BCUT2D eigenvalue weighted by atomic mass is 9.81. The summed E-state index contributed by atoms with van der Waals surface area (Å²) in [6.45, 7) is 3.15. The van der Waals surface area contributed by atoms with Gasteiger partial charge in [-0.25, -0.2) is 9.37 Å². The molecule has 1 fully saturated rings. The van der Waals surface area contributed by atoms with Crippen LogP contribution in [0.1, 0.15) is 35.7 Å². The number of likely N-dealkylation sites (tertiary alicyclic amines) is 1. The van der Waals surface area contributed by atoms with E-state index in [1.165, 1.54) is 12.1 Å². The number of nitrogens with zero attached hydrogens (tertiary/aromatic N) is 3. The highest BCUT2D eigenvalue weighted by atomic mass is 19.1. The molecule has 1 saturated heterocycles. The molecule has 0 radical (unpaired) electrons. The monoisotopic (exact) mass is 459 g/mol. The van der Waals surface area contributed by atoms with Gasteiger partial charge in [0.05, 0.1) is 11.7 Å². The number of aromatic hydroxyl groups is 1. The number of aromatic nitrogens is 3. The highest BCUT2D eigenvalue weighted by Gasteiger charge is 2.36. The first-order valence-electron chi connectivity index (χ1n) is 11.3. The van der Waals surface area contributed by atoms with Gasteiger partial charge in [-0.05, 0) is 49.1 Å². The lowest BCUT2D eigenvalue weighted by Crippen LogP contribution is -2.49. The standard InChI is InChI=1S/C26H26FN5O2/c1-16-24-20(14-22(29-25(24)31-30-16)19-8-7-18(34)13-21(19)27)23(15-33)32-11-9-26(28,10-12-32)17-5-3-2-4-6-17/h2-8,13-15,23,34H,9-12,28H2,1H3,(H,29,30,31). The summed E-state index contributed by atoms with van der Waals surface area (Å²) in [5, 5.41) is 17.6. The first-order valence-corrected chi connectivity index (χ1v) is 11.3. The number of nitrogens with one attached hydrogen (secondary N) is 1. The number of halogens is 1. The summed E-state index contributed by atoms with van der Waals surface area (Å²) in [5.74, 6) is -0.762. The Morgan fingerprint density at radius 2 is 1.91 bits per heavy atom.